The number of aliphatic hydroxyl groups is 1. The lowest BCUT2D eigenvalue weighted by Crippen LogP contribution is -2.56. The average Bonchev–Trinajstić information content (AvgIpc) is 3.02. The molecule has 2 aliphatic rings. The molecule has 0 saturated carbocycles. The fourth-order valence-electron chi connectivity index (χ4n) is 4.31. The topological polar surface area (TPSA) is 98.7 Å². The summed E-state index contributed by atoms with van der Waals surface area (Å²) in [4.78, 5) is 39.1. The van der Waals surface area contributed by atoms with Gasteiger partial charge < -0.3 is 15.3 Å². The predicted octanol–water partition coefficient (Wildman–Crippen LogP) is 2.18. The van der Waals surface area contributed by atoms with Crippen molar-refractivity contribution in [3.63, 3.8) is 0 Å². The van der Waals surface area contributed by atoms with E-state index in [9.17, 15) is 14.7 Å². The van der Waals surface area contributed by atoms with Crippen molar-refractivity contribution < 1.29 is 14.7 Å². The number of fused-ring (bicyclic) bond motifs is 1. The normalized spacial score (nSPS) is 17.6. The summed E-state index contributed by atoms with van der Waals surface area (Å²) >= 11 is 1.89. The second-order valence-corrected chi connectivity index (χ2v) is 10.1. The molecular weight excluding hydrogens is 426 g/mol. The summed E-state index contributed by atoms with van der Waals surface area (Å²) in [5.41, 5.74) is 3.15. The second-order valence-electron chi connectivity index (χ2n) is 8.84. The highest BCUT2D eigenvalue weighted by atomic mass is 32.1. The van der Waals surface area contributed by atoms with Gasteiger partial charge in [-0.25, -0.2) is 9.97 Å². The molecule has 2 aromatic heterocycles. The number of hydrogen-bond acceptors (Lipinski definition) is 8. The molecule has 9 heteroatoms. The molecule has 8 nitrogen and oxygen atoms in total. The van der Waals surface area contributed by atoms with E-state index in [1.807, 2.05) is 11.3 Å². The molecule has 0 spiro atoms. The van der Waals surface area contributed by atoms with Crippen LogP contribution < -0.4 is 5.32 Å². The SMILES string of the molecule is CC(=O)N1CC(Nc2cc(C(=O)CC[C@H](O)CN3CCc4sc(C)c(C)c4C3)ncn2)C1. The first-order valence-electron chi connectivity index (χ1n) is 11.2. The number of likely N-dealkylation sites (tertiary alicyclic amines) is 1. The van der Waals surface area contributed by atoms with Crippen LogP contribution in [0.1, 0.15) is 51.1 Å². The summed E-state index contributed by atoms with van der Waals surface area (Å²) in [5, 5.41) is 13.8. The van der Waals surface area contributed by atoms with Crippen molar-refractivity contribution in [1.82, 2.24) is 19.8 Å². The molecule has 2 aliphatic heterocycles. The number of aliphatic hydroxyl groups excluding tert-OH is 1. The van der Waals surface area contributed by atoms with Gasteiger partial charge in [0.05, 0.1) is 12.1 Å². The van der Waals surface area contributed by atoms with Crippen LogP contribution in [0.3, 0.4) is 0 Å². The number of aromatic nitrogens is 2. The first kappa shape index (κ1) is 22.8. The molecule has 1 atom stereocenters. The molecule has 32 heavy (non-hydrogen) atoms. The van der Waals surface area contributed by atoms with Crippen molar-refractivity contribution in [2.75, 3.05) is 31.5 Å². The van der Waals surface area contributed by atoms with Crippen molar-refractivity contribution in [2.24, 2.45) is 0 Å². The Labute approximate surface area is 192 Å². The fourth-order valence-corrected chi connectivity index (χ4v) is 5.49. The van der Waals surface area contributed by atoms with Crippen molar-refractivity contribution in [3.05, 3.63) is 39.0 Å². The molecule has 4 heterocycles. The number of thiophene rings is 1. The Morgan fingerprint density at radius 1 is 1.31 bits per heavy atom. The molecule has 0 unspecified atom stereocenters. The Kier molecular flexibility index (Phi) is 6.88. The number of amides is 1. The molecule has 0 radical (unpaired) electrons. The molecule has 0 aliphatic carbocycles. The minimum absolute atomic E-state index is 0.0609. The third kappa shape index (κ3) is 5.16. The van der Waals surface area contributed by atoms with E-state index in [-0.39, 0.29) is 24.2 Å². The predicted molar refractivity (Wildman–Crippen MR) is 124 cm³/mol. The van der Waals surface area contributed by atoms with E-state index >= 15 is 0 Å². The van der Waals surface area contributed by atoms with E-state index in [1.54, 1.807) is 17.9 Å². The Bertz CT molecular complexity index is 1000. The molecule has 172 valence electrons. The van der Waals surface area contributed by atoms with Gasteiger partial charge in [-0.3, -0.25) is 14.5 Å². The lowest BCUT2D eigenvalue weighted by Gasteiger charge is -2.39. The molecule has 1 fully saturated rings. The number of hydrogen-bond donors (Lipinski definition) is 2. The number of rotatable bonds is 8. The zero-order valence-electron chi connectivity index (χ0n) is 18.9. The Morgan fingerprint density at radius 2 is 2.09 bits per heavy atom. The zero-order valence-corrected chi connectivity index (χ0v) is 19.7. The summed E-state index contributed by atoms with van der Waals surface area (Å²) in [6.45, 7) is 9.57. The van der Waals surface area contributed by atoms with Crippen molar-refractivity contribution >= 4 is 28.8 Å². The first-order valence-corrected chi connectivity index (χ1v) is 12.0. The second kappa shape index (κ2) is 9.64. The van der Waals surface area contributed by atoms with Gasteiger partial charge in [-0.05, 0) is 37.8 Å². The smallest absolute Gasteiger partial charge is 0.219 e. The number of nitrogens with zero attached hydrogens (tertiary/aromatic N) is 4. The van der Waals surface area contributed by atoms with Gasteiger partial charge in [0.2, 0.25) is 5.91 Å². The van der Waals surface area contributed by atoms with Crippen molar-refractivity contribution in [2.45, 2.75) is 58.7 Å². The van der Waals surface area contributed by atoms with Crippen LogP contribution in [0.5, 0.6) is 0 Å². The molecule has 2 aromatic rings. The van der Waals surface area contributed by atoms with Gasteiger partial charge in [-0.2, -0.15) is 0 Å². The highest BCUT2D eigenvalue weighted by molar-refractivity contribution is 7.12. The highest BCUT2D eigenvalue weighted by Crippen LogP contribution is 2.32. The number of aryl methyl sites for hydroxylation is 1. The number of anilines is 1. The van der Waals surface area contributed by atoms with Gasteiger partial charge >= 0.3 is 0 Å². The van der Waals surface area contributed by atoms with Crippen LogP contribution in [0.25, 0.3) is 0 Å². The Morgan fingerprint density at radius 3 is 2.84 bits per heavy atom. The standard InChI is InChI=1S/C23H31N5O3S/c1-14-15(2)32-22-6-7-27(12-19(14)22)11-18(30)4-5-21(31)20-8-23(25-13-24-20)26-17-9-28(10-17)16(3)29/h8,13,17-18,30H,4-7,9-12H2,1-3H3,(H,24,25,26)/t18-/m0/s1. The number of Topliss-reactive ketones (excluding diaryl/α,β-unsaturated/α-hetero) is 1. The van der Waals surface area contributed by atoms with Crippen LogP contribution in [-0.4, -0.2) is 74.9 Å². The van der Waals surface area contributed by atoms with E-state index in [0.29, 0.717) is 37.6 Å². The summed E-state index contributed by atoms with van der Waals surface area (Å²) in [7, 11) is 0. The molecule has 0 bridgehead atoms. The van der Waals surface area contributed by atoms with Gasteiger partial charge in [0, 0.05) is 61.9 Å². The third-order valence-electron chi connectivity index (χ3n) is 6.44. The fraction of sp³-hybridized carbons (Fsp3) is 0.565. The number of carbonyl (C=O) groups is 2. The zero-order chi connectivity index (χ0) is 22.8. The van der Waals surface area contributed by atoms with Gasteiger partial charge in [-0.15, -0.1) is 11.3 Å². The van der Waals surface area contributed by atoms with E-state index in [0.717, 1.165) is 19.5 Å². The van der Waals surface area contributed by atoms with Gasteiger partial charge in [0.15, 0.2) is 5.78 Å². The monoisotopic (exact) mass is 457 g/mol. The lowest BCUT2D eigenvalue weighted by atomic mass is 10.0. The minimum Gasteiger partial charge on any atom is -0.392 e. The first-order chi connectivity index (χ1) is 15.3. The largest absolute Gasteiger partial charge is 0.392 e. The third-order valence-corrected chi connectivity index (χ3v) is 7.74. The van der Waals surface area contributed by atoms with E-state index in [4.69, 9.17) is 0 Å². The Balaban J connectivity index is 1.24. The Hall–Kier alpha value is -2.36. The molecule has 1 saturated heterocycles. The van der Waals surface area contributed by atoms with Crippen LogP contribution in [0.4, 0.5) is 5.82 Å². The van der Waals surface area contributed by atoms with Gasteiger partial charge in [-0.1, -0.05) is 0 Å². The van der Waals surface area contributed by atoms with Crippen LogP contribution in [0.15, 0.2) is 12.4 Å². The molecule has 4 rings (SSSR count). The molecule has 2 N–H and O–H groups in total. The maximum Gasteiger partial charge on any atom is 0.219 e. The summed E-state index contributed by atoms with van der Waals surface area (Å²) in [6.07, 6.45) is 2.51. The van der Waals surface area contributed by atoms with E-state index < -0.39 is 6.10 Å². The van der Waals surface area contributed by atoms with Gasteiger partial charge in [0.25, 0.3) is 0 Å². The lowest BCUT2D eigenvalue weighted by molar-refractivity contribution is -0.132. The van der Waals surface area contributed by atoms with E-state index in [2.05, 4.69) is 34.0 Å². The number of carbonyl (C=O) groups excluding carboxylic acids is 2. The number of β-amino-alcohol motifs (C(OH)–C–C–N with tert-alkyl or cyclic N) is 1. The van der Waals surface area contributed by atoms with E-state index in [1.165, 1.54) is 27.2 Å². The number of nitrogens with one attached hydrogen (secondary N) is 1. The molecule has 0 aromatic carbocycles. The highest BCUT2D eigenvalue weighted by Gasteiger charge is 2.29. The summed E-state index contributed by atoms with van der Waals surface area (Å²) < 4.78 is 0. The quantitative estimate of drug-likeness (QED) is 0.586. The van der Waals surface area contributed by atoms with Crippen LogP contribution >= 0.6 is 11.3 Å². The van der Waals surface area contributed by atoms with Crippen molar-refractivity contribution in [3.8, 4) is 0 Å². The van der Waals surface area contributed by atoms with Gasteiger partial charge in [0.1, 0.15) is 17.8 Å². The average molecular weight is 458 g/mol. The van der Waals surface area contributed by atoms with Crippen LogP contribution in [0, 0.1) is 13.8 Å². The molecule has 1 amide bonds. The summed E-state index contributed by atoms with van der Waals surface area (Å²) in [5.74, 6) is 0.548. The van der Waals surface area contributed by atoms with Crippen LogP contribution in [0.2, 0.25) is 0 Å². The summed E-state index contributed by atoms with van der Waals surface area (Å²) in [6, 6.07) is 1.79. The minimum atomic E-state index is -0.549. The van der Waals surface area contributed by atoms with Crippen LogP contribution in [-0.2, 0) is 17.8 Å². The van der Waals surface area contributed by atoms with Crippen molar-refractivity contribution in [1.29, 1.82) is 0 Å². The number of ketones is 1. The maximum atomic E-state index is 12.6. The maximum absolute atomic E-state index is 12.6. The molecular formula is C23H31N5O3S.